The minimum Gasteiger partial charge on any atom is -0.491 e. The van der Waals surface area contributed by atoms with Crippen molar-refractivity contribution in [1.82, 2.24) is 4.90 Å². The maximum atomic E-state index is 12.0. The largest absolute Gasteiger partial charge is 0.491 e. The van der Waals surface area contributed by atoms with Gasteiger partial charge in [0.1, 0.15) is 36.0 Å². The molecule has 7 nitrogen and oxygen atoms in total. The second kappa shape index (κ2) is 8.89. The van der Waals surface area contributed by atoms with Gasteiger partial charge in [0.25, 0.3) is 0 Å². The molecule has 25 heavy (non-hydrogen) atoms. The molecule has 0 fully saturated rings. The second-order valence-electron chi connectivity index (χ2n) is 5.45. The van der Waals surface area contributed by atoms with Crippen LogP contribution in [0.3, 0.4) is 0 Å². The SMILES string of the molecule is Cc1oc(CN(C)C(=O)COCCOc2ccccc2)cc1C(=O)O. The zero-order chi connectivity index (χ0) is 18.2. The first-order valence-corrected chi connectivity index (χ1v) is 7.79. The zero-order valence-electron chi connectivity index (χ0n) is 14.2. The molecule has 0 aliphatic heterocycles. The van der Waals surface area contributed by atoms with Crippen molar-refractivity contribution in [1.29, 1.82) is 0 Å². The Bertz CT molecular complexity index is 710. The molecule has 0 aliphatic rings. The number of carbonyl (C=O) groups excluding carboxylic acids is 1. The number of nitrogens with zero attached hydrogens (tertiary/aromatic N) is 1. The lowest BCUT2D eigenvalue weighted by atomic mass is 10.2. The highest BCUT2D eigenvalue weighted by molar-refractivity contribution is 5.88. The lowest BCUT2D eigenvalue weighted by Crippen LogP contribution is -2.30. The highest BCUT2D eigenvalue weighted by atomic mass is 16.5. The Hall–Kier alpha value is -2.80. The summed E-state index contributed by atoms with van der Waals surface area (Å²) in [5.74, 6) is 0.196. The van der Waals surface area contributed by atoms with Crippen LogP contribution in [0.1, 0.15) is 21.9 Å². The van der Waals surface area contributed by atoms with E-state index in [4.69, 9.17) is 19.0 Å². The van der Waals surface area contributed by atoms with Gasteiger partial charge in [-0.25, -0.2) is 4.79 Å². The van der Waals surface area contributed by atoms with Gasteiger partial charge in [0.05, 0.1) is 13.2 Å². The summed E-state index contributed by atoms with van der Waals surface area (Å²) in [5.41, 5.74) is 0.102. The molecule has 2 rings (SSSR count). The van der Waals surface area contributed by atoms with Crippen LogP contribution < -0.4 is 4.74 Å². The number of hydrogen-bond donors (Lipinski definition) is 1. The maximum Gasteiger partial charge on any atom is 0.339 e. The number of amides is 1. The molecule has 0 bridgehead atoms. The average molecular weight is 347 g/mol. The summed E-state index contributed by atoms with van der Waals surface area (Å²) in [5, 5.41) is 9.00. The molecule has 1 aromatic heterocycles. The molecule has 0 spiro atoms. The molecule has 134 valence electrons. The van der Waals surface area contributed by atoms with Crippen LogP contribution in [0.2, 0.25) is 0 Å². The molecule has 2 aromatic rings. The van der Waals surface area contributed by atoms with E-state index < -0.39 is 5.97 Å². The van der Waals surface area contributed by atoms with Crippen LogP contribution in [0.15, 0.2) is 40.8 Å². The number of para-hydroxylation sites is 1. The van der Waals surface area contributed by atoms with Crippen molar-refractivity contribution in [2.75, 3.05) is 26.9 Å². The Morgan fingerprint density at radius 3 is 2.56 bits per heavy atom. The van der Waals surface area contributed by atoms with Crippen molar-refractivity contribution in [2.24, 2.45) is 0 Å². The van der Waals surface area contributed by atoms with Crippen LogP contribution in [-0.4, -0.2) is 48.8 Å². The van der Waals surface area contributed by atoms with E-state index in [1.807, 2.05) is 30.3 Å². The molecule has 1 aromatic carbocycles. The number of likely N-dealkylation sites (N-methyl/N-ethyl adjacent to an activating group) is 1. The molecule has 1 heterocycles. The fourth-order valence-corrected chi connectivity index (χ4v) is 2.16. The fourth-order valence-electron chi connectivity index (χ4n) is 2.16. The molecular weight excluding hydrogens is 326 g/mol. The summed E-state index contributed by atoms with van der Waals surface area (Å²) < 4.78 is 16.1. The standard InChI is InChI=1S/C18H21NO6/c1-13-16(18(21)22)10-15(25-13)11-19(2)17(20)12-23-8-9-24-14-6-4-3-5-7-14/h3-7,10H,8-9,11-12H2,1-2H3,(H,21,22). The summed E-state index contributed by atoms with van der Waals surface area (Å²) in [6.07, 6.45) is 0. The van der Waals surface area contributed by atoms with E-state index in [2.05, 4.69) is 0 Å². The molecule has 0 saturated heterocycles. The second-order valence-corrected chi connectivity index (χ2v) is 5.45. The summed E-state index contributed by atoms with van der Waals surface area (Å²) >= 11 is 0. The van der Waals surface area contributed by atoms with Gasteiger partial charge in [0, 0.05) is 7.05 Å². The normalized spacial score (nSPS) is 10.5. The average Bonchev–Trinajstić information content (AvgIpc) is 2.95. The van der Waals surface area contributed by atoms with Crippen LogP contribution in [0, 0.1) is 6.92 Å². The first-order valence-electron chi connectivity index (χ1n) is 7.79. The minimum atomic E-state index is -1.05. The molecule has 0 aliphatic carbocycles. The number of ether oxygens (including phenoxy) is 2. The maximum absolute atomic E-state index is 12.0. The highest BCUT2D eigenvalue weighted by Crippen LogP contribution is 2.16. The van der Waals surface area contributed by atoms with Crippen LogP contribution in [0.5, 0.6) is 5.75 Å². The Kier molecular flexibility index (Phi) is 6.59. The Labute approximate surface area is 145 Å². The van der Waals surface area contributed by atoms with Crippen LogP contribution in [0.4, 0.5) is 0 Å². The zero-order valence-corrected chi connectivity index (χ0v) is 14.2. The molecule has 0 atom stereocenters. The van der Waals surface area contributed by atoms with Crippen molar-refractivity contribution < 1.29 is 28.6 Å². The molecule has 0 saturated carbocycles. The molecule has 0 unspecified atom stereocenters. The van der Waals surface area contributed by atoms with E-state index in [1.165, 1.54) is 11.0 Å². The quantitative estimate of drug-likeness (QED) is 0.700. The number of furan rings is 1. The number of rotatable bonds is 9. The summed E-state index contributed by atoms with van der Waals surface area (Å²) in [6, 6.07) is 10.8. The predicted molar refractivity (Wildman–Crippen MR) is 89.6 cm³/mol. The van der Waals surface area contributed by atoms with Gasteiger partial charge >= 0.3 is 5.97 Å². The highest BCUT2D eigenvalue weighted by Gasteiger charge is 2.16. The number of carbonyl (C=O) groups is 2. The Morgan fingerprint density at radius 2 is 1.92 bits per heavy atom. The third kappa shape index (κ3) is 5.65. The number of aromatic carboxylic acids is 1. The van der Waals surface area contributed by atoms with Crippen molar-refractivity contribution in [2.45, 2.75) is 13.5 Å². The van der Waals surface area contributed by atoms with E-state index in [0.29, 0.717) is 18.1 Å². The first-order chi connectivity index (χ1) is 12.0. The number of carboxylic acid groups (broad SMARTS) is 1. The lowest BCUT2D eigenvalue weighted by molar-refractivity contribution is -0.135. The van der Waals surface area contributed by atoms with Crippen molar-refractivity contribution in [3.8, 4) is 5.75 Å². The summed E-state index contributed by atoms with van der Waals surface area (Å²) in [7, 11) is 1.60. The van der Waals surface area contributed by atoms with Crippen LogP contribution in [0.25, 0.3) is 0 Å². The van der Waals surface area contributed by atoms with Gasteiger partial charge in [-0.05, 0) is 25.1 Å². The van der Waals surface area contributed by atoms with Crippen molar-refractivity contribution in [3.63, 3.8) is 0 Å². The molecule has 1 amide bonds. The number of benzene rings is 1. The van der Waals surface area contributed by atoms with Gasteiger partial charge in [-0.1, -0.05) is 18.2 Å². The lowest BCUT2D eigenvalue weighted by Gasteiger charge is -2.15. The van der Waals surface area contributed by atoms with E-state index >= 15 is 0 Å². The van der Waals surface area contributed by atoms with Gasteiger partial charge in [-0.3, -0.25) is 4.79 Å². The molecule has 0 radical (unpaired) electrons. The van der Waals surface area contributed by atoms with E-state index in [0.717, 1.165) is 5.75 Å². The van der Waals surface area contributed by atoms with E-state index in [1.54, 1.807) is 14.0 Å². The number of carboxylic acids is 1. The third-order valence-corrected chi connectivity index (χ3v) is 3.48. The summed E-state index contributed by atoms with van der Waals surface area (Å²) in [6.45, 7) is 2.30. The topological polar surface area (TPSA) is 89.2 Å². The van der Waals surface area contributed by atoms with Gasteiger partial charge in [0.2, 0.25) is 5.91 Å². The molecule has 1 N–H and O–H groups in total. The van der Waals surface area contributed by atoms with Gasteiger partial charge in [-0.15, -0.1) is 0 Å². The number of hydrogen-bond acceptors (Lipinski definition) is 5. The Morgan fingerprint density at radius 1 is 1.20 bits per heavy atom. The Balaban J connectivity index is 1.69. The first kappa shape index (κ1) is 18.5. The summed E-state index contributed by atoms with van der Waals surface area (Å²) in [4.78, 5) is 24.4. The molecular formula is C18H21NO6. The monoisotopic (exact) mass is 347 g/mol. The predicted octanol–water partition coefficient (Wildman–Crippen LogP) is 2.34. The van der Waals surface area contributed by atoms with Crippen molar-refractivity contribution in [3.05, 3.63) is 53.5 Å². The van der Waals surface area contributed by atoms with Crippen LogP contribution >= 0.6 is 0 Å². The van der Waals surface area contributed by atoms with E-state index in [-0.39, 0.29) is 31.2 Å². The van der Waals surface area contributed by atoms with Gasteiger partial charge in [0.15, 0.2) is 0 Å². The third-order valence-electron chi connectivity index (χ3n) is 3.48. The van der Waals surface area contributed by atoms with Crippen molar-refractivity contribution >= 4 is 11.9 Å². The van der Waals surface area contributed by atoms with Crippen LogP contribution in [-0.2, 0) is 16.1 Å². The fraction of sp³-hybridized carbons (Fsp3) is 0.333. The molecule has 7 heteroatoms. The van der Waals surface area contributed by atoms with Gasteiger partial charge < -0.3 is 23.9 Å². The number of aryl methyl sites for hydroxylation is 1. The van der Waals surface area contributed by atoms with Gasteiger partial charge in [-0.2, -0.15) is 0 Å². The smallest absolute Gasteiger partial charge is 0.339 e. The van der Waals surface area contributed by atoms with E-state index in [9.17, 15) is 9.59 Å². The minimum absolute atomic E-state index is 0.0832.